The number of pyridine rings is 2. The summed E-state index contributed by atoms with van der Waals surface area (Å²) in [6.07, 6.45) is 5.64. The summed E-state index contributed by atoms with van der Waals surface area (Å²) < 4.78 is 44.1. The molecule has 0 spiro atoms. The monoisotopic (exact) mass is 638 g/mol. The van der Waals surface area contributed by atoms with Crippen LogP contribution in [-0.4, -0.2) is 41.6 Å². The number of nitrogens with zero attached hydrogens (tertiary/aromatic N) is 5. The minimum absolute atomic E-state index is 0.0878. The van der Waals surface area contributed by atoms with Crippen LogP contribution < -0.4 is 15.6 Å². The second kappa shape index (κ2) is 12.0. The van der Waals surface area contributed by atoms with Crippen LogP contribution in [0.3, 0.4) is 0 Å². The van der Waals surface area contributed by atoms with Gasteiger partial charge in [-0.05, 0) is 88.4 Å². The van der Waals surface area contributed by atoms with Crippen molar-refractivity contribution in [2.75, 3.05) is 5.32 Å². The molecule has 0 aliphatic heterocycles. The number of hydrogen-bond acceptors (Lipinski definition) is 7. The summed E-state index contributed by atoms with van der Waals surface area (Å²) in [6.45, 7) is 7.00. The van der Waals surface area contributed by atoms with Crippen molar-refractivity contribution in [3.8, 4) is 28.3 Å². The van der Waals surface area contributed by atoms with Crippen molar-refractivity contribution in [1.29, 1.82) is 0 Å². The average Bonchev–Trinajstić information content (AvgIpc) is 3.65. The van der Waals surface area contributed by atoms with Crippen LogP contribution >= 0.6 is 0 Å². The van der Waals surface area contributed by atoms with Gasteiger partial charge in [0, 0.05) is 41.0 Å². The number of hydrogen-bond donors (Lipinski definition) is 1. The Balaban J connectivity index is 1.24. The van der Waals surface area contributed by atoms with E-state index >= 15 is 4.39 Å². The molecule has 0 saturated carbocycles. The lowest BCUT2D eigenvalue weighted by Gasteiger charge is -2.19. The molecule has 4 heterocycles. The van der Waals surface area contributed by atoms with Crippen LogP contribution in [0.15, 0.2) is 96.3 Å². The standard InChI is InChI=1S/C34H28F2N6O5/c1-20-26(18-38-42(20)33(45)47-34(2,3)4)21-16-30(28-13-14-37-41(28)19-21)46-29-12-9-23(17-27(29)36)39-31(43)25-6-5-15-40(32(25)44)24-10-7-22(35)8-11-24/h5-19H,1-4H3,(H,39,43). The van der Waals surface area contributed by atoms with Crippen LogP contribution in [0.25, 0.3) is 22.3 Å². The van der Waals surface area contributed by atoms with Crippen molar-refractivity contribution in [3.05, 3.63) is 125 Å². The zero-order chi connectivity index (χ0) is 33.5. The first-order valence-electron chi connectivity index (χ1n) is 14.4. The van der Waals surface area contributed by atoms with Crippen molar-refractivity contribution in [1.82, 2.24) is 24.0 Å². The van der Waals surface area contributed by atoms with Gasteiger partial charge in [0.1, 0.15) is 22.5 Å². The Morgan fingerprint density at radius 3 is 2.43 bits per heavy atom. The molecule has 0 aliphatic rings. The molecule has 0 unspecified atom stereocenters. The Hall–Kier alpha value is -6.11. The molecule has 2 aromatic carbocycles. The third kappa shape index (κ3) is 6.36. The highest BCUT2D eigenvalue weighted by Crippen LogP contribution is 2.34. The summed E-state index contributed by atoms with van der Waals surface area (Å²) in [4.78, 5) is 38.7. The molecular weight excluding hydrogens is 610 g/mol. The van der Waals surface area contributed by atoms with Gasteiger partial charge in [0.15, 0.2) is 17.3 Å². The third-order valence-corrected chi connectivity index (χ3v) is 7.06. The van der Waals surface area contributed by atoms with Crippen LogP contribution in [0.1, 0.15) is 36.8 Å². The van der Waals surface area contributed by atoms with Crippen molar-refractivity contribution >= 4 is 23.2 Å². The highest BCUT2D eigenvalue weighted by molar-refractivity contribution is 6.04. The first-order valence-corrected chi connectivity index (χ1v) is 14.4. The third-order valence-electron chi connectivity index (χ3n) is 7.06. The Morgan fingerprint density at radius 1 is 0.936 bits per heavy atom. The number of nitrogens with one attached hydrogen (secondary N) is 1. The van der Waals surface area contributed by atoms with Crippen LogP contribution in [0.4, 0.5) is 19.3 Å². The predicted octanol–water partition coefficient (Wildman–Crippen LogP) is 6.76. The number of carbonyl (C=O) groups is 2. The minimum Gasteiger partial charge on any atom is -0.452 e. The molecule has 1 N–H and O–H groups in total. The lowest BCUT2D eigenvalue weighted by molar-refractivity contribution is 0.0511. The Labute approximate surface area is 266 Å². The summed E-state index contributed by atoms with van der Waals surface area (Å²) in [5.74, 6) is -1.87. The molecule has 0 atom stereocenters. The Morgan fingerprint density at radius 2 is 1.70 bits per heavy atom. The zero-order valence-electron chi connectivity index (χ0n) is 25.7. The summed E-state index contributed by atoms with van der Waals surface area (Å²) in [5, 5.41) is 11.0. The van der Waals surface area contributed by atoms with E-state index in [-0.39, 0.29) is 22.7 Å². The topological polar surface area (TPSA) is 122 Å². The molecule has 11 nitrogen and oxygen atoms in total. The molecule has 13 heteroatoms. The molecule has 0 saturated heterocycles. The van der Waals surface area contributed by atoms with E-state index < -0.39 is 34.8 Å². The summed E-state index contributed by atoms with van der Waals surface area (Å²) in [7, 11) is 0. The summed E-state index contributed by atoms with van der Waals surface area (Å²) in [5.41, 5.74) is 1.21. The van der Waals surface area contributed by atoms with Gasteiger partial charge in [-0.15, -0.1) is 0 Å². The van der Waals surface area contributed by atoms with E-state index in [2.05, 4.69) is 15.5 Å². The van der Waals surface area contributed by atoms with Crippen molar-refractivity contribution in [2.45, 2.75) is 33.3 Å². The van der Waals surface area contributed by atoms with Gasteiger partial charge in [-0.1, -0.05) is 0 Å². The van der Waals surface area contributed by atoms with Crippen LogP contribution in [0, 0.1) is 18.6 Å². The first kappa shape index (κ1) is 30.9. The van der Waals surface area contributed by atoms with Gasteiger partial charge < -0.3 is 14.8 Å². The minimum atomic E-state index is -0.781. The van der Waals surface area contributed by atoms with Gasteiger partial charge in [-0.3, -0.25) is 14.2 Å². The number of ether oxygens (including phenoxy) is 2. The number of benzene rings is 2. The van der Waals surface area contributed by atoms with Gasteiger partial charge in [0.2, 0.25) is 0 Å². The normalized spacial score (nSPS) is 11.4. The largest absolute Gasteiger partial charge is 0.452 e. The fourth-order valence-corrected chi connectivity index (χ4v) is 4.86. The highest BCUT2D eigenvalue weighted by atomic mass is 19.1. The Bertz CT molecular complexity index is 2210. The second-order valence-corrected chi connectivity index (χ2v) is 11.6. The van der Waals surface area contributed by atoms with Gasteiger partial charge in [-0.25, -0.2) is 18.1 Å². The van der Waals surface area contributed by atoms with E-state index in [1.165, 1.54) is 65.5 Å². The van der Waals surface area contributed by atoms with E-state index in [9.17, 15) is 18.8 Å². The van der Waals surface area contributed by atoms with Crippen molar-refractivity contribution in [2.24, 2.45) is 0 Å². The maximum Gasteiger partial charge on any atom is 0.435 e. The van der Waals surface area contributed by atoms with Crippen LogP contribution in [0.2, 0.25) is 0 Å². The molecule has 4 aromatic heterocycles. The van der Waals surface area contributed by atoms with Crippen LogP contribution in [0.5, 0.6) is 11.5 Å². The quantitative estimate of drug-likeness (QED) is 0.214. The fourth-order valence-electron chi connectivity index (χ4n) is 4.86. The molecule has 0 fully saturated rings. The molecular formula is C34H28F2N6O5. The maximum absolute atomic E-state index is 15.4. The van der Waals surface area contributed by atoms with Crippen molar-refractivity contribution in [3.63, 3.8) is 0 Å². The predicted molar refractivity (Wildman–Crippen MR) is 169 cm³/mol. The zero-order valence-corrected chi connectivity index (χ0v) is 25.7. The molecule has 238 valence electrons. The van der Waals surface area contributed by atoms with E-state index in [1.807, 2.05) is 0 Å². The SMILES string of the molecule is Cc1c(-c2cc(Oc3ccc(NC(=O)c4cccn(-c5ccc(F)cc5)c4=O)cc3F)c3ccnn3c2)cnn1C(=O)OC(C)(C)C. The summed E-state index contributed by atoms with van der Waals surface area (Å²) in [6, 6.07) is 15.3. The number of fused-ring (bicyclic) bond motifs is 1. The molecule has 6 rings (SSSR count). The second-order valence-electron chi connectivity index (χ2n) is 11.6. The molecule has 47 heavy (non-hydrogen) atoms. The van der Waals surface area contributed by atoms with Gasteiger partial charge in [-0.2, -0.15) is 14.9 Å². The molecule has 1 amide bonds. The van der Waals surface area contributed by atoms with Crippen LogP contribution in [-0.2, 0) is 4.74 Å². The van der Waals surface area contributed by atoms with E-state index in [0.29, 0.717) is 28.0 Å². The fraction of sp³-hybridized carbons (Fsp3) is 0.147. The van der Waals surface area contributed by atoms with Gasteiger partial charge >= 0.3 is 6.09 Å². The average molecular weight is 639 g/mol. The van der Waals surface area contributed by atoms with Gasteiger partial charge in [0.25, 0.3) is 11.5 Å². The van der Waals surface area contributed by atoms with Crippen molar-refractivity contribution < 1.29 is 27.8 Å². The Kier molecular flexibility index (Phi) is 7.89. The number of anilines is 1. The number of rotatable bonds is 6. The lowest BCUT2D eigenvalue weighted by atomic mass is 10.1. The molecule has 0 radical (unpaired) electrons. The van der Waals surface area contributed by atoms with E-state index in [4.69, 9.17) is 9.47 Å². The summed E-state index contributed by atoms with van der Waals surface area (Å²) >= 11 is 0. The number of aromatic nitrogens is 5. The van der Waals surface area contributed by atoms with E-state index in [1.54, 1.807) is 56.7 Å². The molecule has 0 aliphatic carbocycles. The smallest absolute Gasteiger partial charge is 0.435 e. The number of amides is 1. The molecule has 0 bridgehead atoms. The molecule has 6 aromatic rings. The highest BCUT2D eigenvalue weighted by Gasteiger charge is 2.22. The van der Waals surface area contributed by atoms with Gasteiger partial charge in [0.05, 0.1) is 18.1 Å². The lowest BCUT2D eigenvalue weighted by Crippen LogP contribution is -2.28. The maximum atomic E-state index is 15.4. The number of halogens is 2. The van der Waals surface area contributed by atoms with E-state index in [0.717, 1.165) is 10.7 Å². The number of carbonyl (C=O) groups excluding carboxylic acids is 2. The first-order chi connectivity index (χ1) is 22.4.